The number of urea groups is 1. The second kappa shape index (κ2) is 6.16. The average molecular weight is 297 g/mol. The van der Waals surface area contributed by atoms with Gasteiger partial charge in [0.1, 0.15) is 0 Å². The summed E-state index contributed by atoms with van der Waals surface area (Å²) in [5.74, 6) is -0.994. The Morgan fingerprint density at radius 2 is 1.95 bits per heavy atom. The number of nitrogens with zero attached hydrogens (tertiary/aromatic N) is 2. The van der Waals surface area contributed by atoms with Crippen LogP contribution in [0, 0.1) is 5.95 Å². The van der Waals surface area contributed by atoms with Crippen LogP contribution in [0.15, 0.2) is 30.3 Å². The van der Waals surface area contributed by atoms with Crippen LogP contribution in [-0.4, -0.2) is 23.1 Å². The molecule has 1 heterocycles. The summed E-state index contributed by atoms with van der Waals surface area (Å²) in [6.07, 6.45) is 0. The number of carbonyl (C=O) groups is 1. The molecular formula is C12H10ClFN4O2. The van der Waals surface area contributed by atoms with Crippen molar-refractivity contribution >= 4 is 29.3 Å². The van der Waals surface area contributed by atoms with E-state index < -0.39 is 12.0 Å². The Labute approximate surface area is 119 Å². The lowest BCUT2D eigenvalue weighted by Gasteiger charge is -2.07. The van der Waals surface area contributed by atoms with Crippen LogP contribution in [0.25, 0.3) is 0 Å². The van der Waals surface area contributed by atoms with Crippen LogP contribution in [0.5, 0.6) is 5.88 Å². The molecule has 0 aliphatic heterocycles. The van der Waals surface area contributed by atoms with Crippen molar-refractivity contribution in [2.24, 2.45) is 0 Å². The molecule has 0 atom stereocenters. The van der Waals surface area contributed by atoms with Crippen LogP contribution in [0.3, 0.4) is 0 Å². The molecule has 0 unspecified atom stereocenters. The SMILES string of the molecule is COc1cc(F)nc(NC(=O)Nc2ccc(Cl)cc2)n1. The summed E-state index contributed by atoms with van der Waals surface area (Å²) in [6.45, 7) is 0. The summed E-state index contributed by atoms with van der Waals surface area (Å²) >= 11 is 5.72. The molecule has 0 aliphatic carbocycles. The summed E-state index contributed by atoms with van der Waals surface area (Å²) in [5.41, 5.74) is 0.523. The highest BCUT2D eigenvalue weighted by Crippen LogP contribution is 2.14. The van der Waals surface area contributed by atoms with E-state index in [1.165, 1.54) is 7.11 Å². The topological polar surface area (TPSA) is 76.1 Å². The maximum Gasteiger partial charge on any atom is 0.326 e. The second-order valence-corrected chi connectivity index (χ2v) is 4.08. The second-order valence-electron chi connectivity index (χ2n) is 3.64. The molecule has 1 aromatic carbocycles. The number of carbonyl (C=O) groups excluding carboxylic acids is 1. The highest BCUT2D eigenvalue weighted by Gasteiger charge is 2.08. The standard InChI is InChI=1S/C12H10ClFN4O2/c1-20-10-6-9(14)16-11(17-10)18-12(19)15-8-4-2-7(13)3-5-8/h2-6H,1H3,(H2,15,16,17,18,19). The minimum atomic E-state index is -0.807. The minimum Gasteiger partial charge on any atom is -0.481 e. The molecule has 2 amide bonds. The van der Waals surface area contributed by atoms with Gasteiger partial charge in [-0.3, -0.25) is 5.32 Å². The van der Waals surface area contributed by atoms with E-state index in [0.29, 0.717) is 10.7 Å². The summed E-state index contributed by atoms with van der Waals surface area (Å²) in [6, 6.07) is 6.88. The number of methoxy groups -OCH3 is 1. The largest absolute Gasteiger partial charge is 0.481 e. The van der Waals surface area contributed by atoms with Gasteiger partial charge in [-0.05, 0) is 24.3 Å². The monoisotopic (exact) mass is 296 g/mol. The first-order chi connectivity index (χ1) is 9.56. The number of hydrogen-bond acceptors (Lipinski definition) is 4. The van der Waals surface area contributed by atoms with Gasteiger partial charge in [0, 0.05) is 10.7 Å². The molecule has 0 spiro atoms. The number of aromatic nitrogens is 2. The average Bonchev–Trinajstić information content (AvgIpc) is 2.40. The lowest BCUT2D eigenvalue weighted by Crippen LogP contribution is -2.21. The Morgan fingerprint density at radius 3 is 2.60 bits per heavy atom. The van der Waals surface area contributed by atoms with Gasteiger partial charge in [0.2, 0.25) is 17.8 Å². The Bertz CT molecular complexity index is 621. The van der Waals surface area contributed by atoms with Gasteiger partial charge in [-0.2, -0.15) is 14.4 Å². The Kier molecular flexibility index (Phi) is 4.31. The van der Waals surface area contributed by atoms with E-state index in [1.54, 1.807) is 24.3 Å². The maximum atomic E-state index is 13.1. The fraction of sp³-hybridized carbons (Fsp3) is 0.0833. The molecular weight excluding hydrogens is 287 g/mol. The molecule has 0 saturated carbocycles. The molecule has 2 rings (SSSR count). The van der Waals surface area contributed by atoms with E-state index >= 15 is 0 Å². The molecule has 20 heavy (non-hydrogen) atoms. The normalized spacial score (nSPS) is 9.95. The lowest BCUT2D eigenvalue weighted by molar-refractivity contribution is 0.262. The number of halogens is 2. The highest BCUT2D eigenvalue weighted by molar-refractivity contribution is 6.30. The number of anilines is 2. The van der Waals surface area contributed by atoms with Crippen LogP contribution in [0.2, 0.25) is 5.02 Å². The third-order valence-corrected chi connectivity index (χ3v) is 2.46. The molecule has 104 valence electrons. The van der Waals surface area contributed by atoms with Crippen molar-refractivity contribution in [3.05, 3.63) is 41.3 Å². The summed E-state index contributed by atoms with van der Waals surface area (Å²) in [4.78, 5) is 18.9. The van der Waals surface area contributed by atoms with E-state index in [-0.39, 0.29) is 11.8 Å². The molecule has 8 heteroatoms. The molecule has 0 saturated heterocycles. The van der Waals surface area contributed by atoms with Crippen molar-refractivity contribution in [2.45, 2.75) is 0 Å². The molecule has 0 aliphatic rings. The van der Waals surface area contributed by atoms with Gasteiger partial charge in [-0.15, -0.1) is 0 Å². The van der Waals surface area contributed by atoms with Crippen molar-refractivity contribution in [3.63, 3.8) is 0 Å². The fourth-order valence-electron chi connectivity index (χ4n) is 1.35. The fourth-order valence-corrected chi connectivity index (χ4v) is 1.48. The van der Waals surface area contributed by atoms with Crippen LogP contribution >= 0.6 is 11.6 Å². The summed E-state index contributed by atoms with van der Waals surface area (Å²) in [7, 11) is 1.33. The van der Waals surface area contributed by atoms with E-state index in [4.69, 9.17) is 16.3 Å². The molecule has 1 aromatic heterocycles. The van der Waals surface area contributed by atoms with Gasteiger partial charge in [0.15, 0.2) is 0 Å². The van der Waals surface area contributed by atoms with Crippen molar-refractivity contribution in [1.29, 1.82) is 0 Å². The zero-order valence-corrected chi connectivity index (χ0v) is 11.1. The number of nitrogens with one attached hydrogen (secondary N) is 2. The van der Waals surface area contributed by atoms with Gasteiger partial charge in [0.25, 0.3) is 0 Å². The van der Waals surface area contributed by atoms with Crippen LogP contribution in [0.1, 0.15) is 0 Å². The lowest BCUT2D eigenvalue weighted by atomic mass is 10.3. The Hall–Kier alpha value is -2.41. The van der Waals surface area contributed by atoms with Gasteiger partial charge in [-0.25, -0.2) is 4.79 Å². The smallest absolute Gasteiger partial charge is 0.326 e. The van der Waals surface area contributed by atoms with E-state index in [1.807, 2.05) is 0 Å². The van der Waals surface area contributed by atoms with Gasteiger partial charge >= 0.3 is 6.03 Å². The first-order valence-electron chi connectivity index (χ1n) is 5.49. The molecule has 6 nitrogen and oxygen atoms in total. The van der Waals surface area contributed by atoms with Crippen molar-refractivity contribution in [2.75, 3.05) is 17.7 Å². The zero-order chi connectivity index (χ0) is 14.5. The van der Waals surface area contributed by atoms with Crippen molar-refractivity contribution < 1.29 is 13.9 Å². The van der Waals surface area contributed by atoms with E-state index in [0.717, 1.165) is 6.07 Å². The van der Waals surface area contributed by atoms with Gasteiger partial charge < -0.3 is 10.1 Å². The van der Waals surface area contributed by atoms with Crippen LogP contribution < -0.4 is 15.4 Å². The van der Waals surface area contributed by atoms with Gasteiger partial charge in [-0.1, -0.05) is 11.6 Å². The number of benzene rings is 1. The number of amides is 2. The van der Waals surface area contributed by atoms with Crippen molar-refractivity contribution in [3.8, 4) is 5.88 Å². The van der Waals surface area contributed by atoms with Crippen LogP contribution in [0.4, 0.5) is 20.8 Å². The molecule has 0 bridgehead atoms. The zero-order valence-electron chi connectivity index (χ0n) is 10.4. The summed E-state index contributed by atoms with van der Waals surface area (Å²) in [5, 5.41) is 5.37. The Morgan fingerprint density at radius 1 is 1.25 bits per heavy atom. The summed E-state index contributed by atoms with van der Waals surface area (Å²) < 4.78 is 17.9. The van der Waals surface area contributed by atoms with Crippen molar-refractivity contribution in [1.82, 2.24) is 9.97 Å². The third-order valence-electron chi connectivity index (χ3n) is 2.21. The molecule has 2 aromatic rings. The predicted molar refractivity (Wildman–Crippen MR) is 72.6 cm³/mol. The maximum absolute atomic E-state index is 13.1. The molecule has 0 fully saturated rings. The first-order valence-corrected chi connectivity index (χ1v) is 5.87. The Balaban J connectivity index is 2.04. The minimum absolute atomic E-state index is 0.0132. The van der Waals surface area contributed by atoms with Crippen LogP contribution in [-0.2, 0) is 0 Å². The number of hydrogen-bond donors (Lipinski definition) is 2. The number of ether oxygens (including phenoxy) is 1. The first kappa shape index (κ1) is 14.0. The highest BCUT2D eigenvalue weighted by atomic mass is 35.5. The molecule has 2 N–H and O–H groups in total. The van der Waals surface area contributed by atoms with Gasteiger partial charge in [0.05, 0.1) is 13.2 Å². The number of rotatable bonds is 3. The third kappa shape index (κ3) is 3.79. The quantitative estimate of drug-likeness (QED) is 0.854. The predicted octanol–water partition coefficient (Wildman–Crippen LogP) is 2.92. The molecule has 0 radical (unpaired) electrons. The van der Waals surface area contributed by atoms with E-state index in [2.05, 4.69) is 20.6 Å². The van der Waals surface area contributed by atoms with E-state index in [9.17, 15) is 9.18 Å².